The van der Waals surface area contributed by atoms with Gasteiger partial charge in [-0.1, -0.05) is 30.3 Å². The Morgan fingerprint density at radius 3 is 2.47 bits per heavy atom. The molecule has 0 atom stereocenters. The molecule has 1 saturated carbocycles. The lowest BCUT2D eigenvalue weighted by atomic mass is 9.90. The van der Waals surface area contributed by atoms with E-state index in [0.717, 1.165) is 42.4 Å². The Morgan fingerprint density at radius 1 is 1.02 bits per heavy atom. The minimum absolute atomic E-state index is 0.0396. The average Bonchev–Trinajstić information content (AvgIpc) is 3.52. The minimum Gasteiger partial charge on any atom is -0.354 e. The quantitative estimate of drug-likeness (QED) is 0.299. The van der Waals surface area contributed by atoms with E-state index in [0.29, 0.717) is 54.3 Å². The van der Waals surface area contributed by atoms with Gasteiger partial charge in [0, 0.05) is 84.6 Å². The number of nitrogens with zero attached hydrogens (tertiary/aromatic N) is 8. The Bertz CT molecular complexity index is 1670. The van der Waals surface area contributed by atoms with Crippen LogP contribution in [0.1, 0.15) is 36.8 Å². The number of rotatable bonds is 8. The number of nitriles is 1. The molecule has 12 nitrogen and oxygen atoms in total. The molecule has 13 heteroatoms. The Labute approximate surface area is 265 Å². The van der Waals surface area contributed by atoms with E-state index in [1.165, 1.54) is 0 Å². The highest BCUT2D eigenvalue weighted by Crippen LogP contribution is 2.30. The smallest absolute Gasteiger partial charge is 0.323 e. The van der Waals surface area contributed by atoms with Crippen LogP contribution in [0, 0.1) is 11.3 Å². The van der Waals surface area contributed by atoms with Crippen molar-refractivity contribution < 1.29 is 9.00 Å². The number of carbonyl (C=O) groups excluding carboxylic acids is 1. The number of carbonyl (C=O) groups is 1. The molecule has 6 rings (SSSR count). The molecule has 2 aliphatic rings. The molecule has 1 saturated heterocycles. The molecule has 45 heavy (non-hydrogen) atoms. The first kappa shape index (κ1) is 30.2. The van der Waals surface area contributed by atoms with Crippen molar-refractivity contribution in [3.05, 3.63) is 78.4 Å². The molecular weight excluding hydrogens is 588 g/mol. The topological polar surface area (TPSA) is 145 Å². The first-order chi connectivity index (χ1) is 22.0. The maximum Gasteiger partial charge on any atom is 0.323 e. The number of amides is 2. The zero-order chi connectivity index (χ0) is 31.2. The summed E-state index contributed by atoms with van der Waals surface area (Å²) in [4.78, 5) is 31.3. The molecular formula is C32H36N10O2S. The number of pyridine rings is 1. The Balaban J connectivity index is 1.15. The first-order valence-electron chi connectivity index (χ1n) is 15.2. The summed E-state index contributed by atoms with van der Waals surface area (Å²) < 4.78 is 13.6. The van der Waals surface area contributed by atoms with Crippen LogP contribution < -0.4 is 20.4 Å². The van der Waals surface area contributed by atoms with Crippen LogP contribution in [0.2, 0.25) is 0 Å². The van der Waals surface area contributed by atoms with Crippen molar-refractivity contribution in [2.24, 2.45) is 7.05 Å². The molecule has 0 bridgehead atoms. The summed E-state index contributed by atoms with van der Waals surface area (Å²) in [5.74, 6) is 2.80. The average molecular weight is 625 g/mol. The molecule has 0 radical (unpaired) electrons. The Hall–Kier alpha value is -4.83. The van der Waals surface area contributed by atoms with Crippen molar-refractivity contribution in [3.8, 4) is 17.2 Å². The molecule has 2 amide bonds. The number of hydrogen-bond donors (Lipinski definition) is 2. The van der Waals surface area contributed by atoms with Crippen molar-refractivity contribution in [2.45, 2.75) is 44.3 Å². The van der Waals surface area contributed by atoms with Crippen molar-refractivity contribution in [1.29, 1.82) is 5.26 Å². The highest BCUT2D eigenvalue weighted by molar-refractivity contribution is 7.85. The van der Waals surface area contributed by atoms with Gasteiger partial charge in [0.25, 0.3) is 0 Å². The normalized spacial score (nSPS) is 18.6. The third kappa shape index (κ3) is 7.29. The van der Waals surface area contributed by atoms with Crippen LogP contribution in [0.15, 0.2) is 67.3 Å². The summed E-state index contributed by atoms with van der Waals surface area (Å²) >= 11 is 0. The Morgan fingerprint density at radius 2 is 1.80 bits per heavy atom. The van der Waals surface area contributed by atoms with E-state index in [1.807, 2.05) is 60.6 Å². The molecule has 0 spiro atoms. The van der Waals surface area contributed by atoms with Crippen molar-refractivity contribution >= 4 is 34.4 Å². The SMILES string of the molecule is Cn1cc(-c2ccc(N(C(=O)NCc3ccccc3)C3CCC(Nc4ncc(C#N)c(N5CCS(=O)CC5)n4)CC3)nc2)cn1. The number of benzene rings is 1. The van der Waals surface area contributed by atoms with E-state index >= 15 is 0 Å². The molecule has 0 unspecified atom stereocenters. The predicted octanol–water partition coefficient (Wildman–Crippen LogP) is 3.85. The van der Waals surface area contributed by atoms with E-state index < -0.39 is 10.8 Å². The molecule has 3 aromatic heterocycles. The number of urea groups is 1. The zero-order valence-corrected chi connectivity index (χ0v) is 26.0. The van der Waals surface area contributed by atoms with Gasteiger partial charge < -0.3 is 15.5 Å². The summed E-state index contributed by atoms with van der Waals surface area (Å²) in [6, 6.07) is 15.8. The van der Waals surface area contributed by atoms with Crippen LogP contribution in [0.4, 0.5) is 22.4 Å². The van der Waals surface area contributed by atoms with Crippen LogP contribution in [0.5, 0.6) is 0 Å². The van der Waals surface area contributed by atoms with E-state index in [2.05, 4.69) is 26.8 Å². The summed E-state index contributed by atoms with van der Waals surface area (Å²) in [6.07, 6.45) is 10.2. The second-order valence-electron chi connectivity index (χ2n) is 11.3. The van der Waals surface area contributed by atoms with Gasteiger partial charge in [-0.25, -0.2) is 14.8 Å². The monoisotopic (exact) mass is 624 g/mol. The van der Waals surface area contributed by atoms with Gasteiger partial charge in [-0.3, -0.25) is 13.8 Å². The van der Waals surface area contributed by atoms with Crippen molar-refractivity contribution in [2.75, 3.05) is 39.7 Å². The van der Waals surface area contributed by atoms with Crippen LogP contribution >= 0.6 is 0 Å². The molecule has 1 aliphatic carbocycles. The summed E-state index contributed by atoms with van der Waals surface area (Å²) in [5, 5.41) is 20.4. The van der Waals surface area contributed by atoms with Gasteiger partial charge in [0.15, 0.2) is 5.82 Å². The molecule has 2 fully saturated rings. The number of anilines is 3. The summed E-state index contributed by atoms with van der Waals surface area (Å²) in [5.41, 5.74) is 3.34. The number of aromatic nitrogens is 5. The third-order valence-corrected chi connectivity index (χ3v) is 9.58. The second-order valence-corrected chi connectivity index (χ2v) is 13.0. The van der Waals surface area contributed by atoms with Gasteiger partial charge in [-0.2, -0.15) is 15.3 Å². The first-order valence-corrected chi connectivity index (χ1v) is 16.7. The maximum absolute atomic E-state index is 13.7. The van der Waals surface area contributed by atoms with Crippen LogP contribution in [-0.2, 0) is 24.4 Å². The lowest BCUT2D eigenvalue weighted by Crippen LogP contribution is -2.49. The number of nitrogens with one attached hydrogen (secondary N) is 2. The van der Waals surface area contributed by atoms with Crippen LogP contribution in [0.3, 0.4) is 0 Å². The van der Waals surface area contributed by atoms with Gasteiger partial charge in [0.1, 0.15) is 17.5 Å². The molecule has 1 aromatic carbocycles. The van der Waals surface area contributed by atoms with Crippen molar-refractivity contribution in [3.63, 3.8) is 0 Å². The lowest BCUT2D eigenvalue weighted by Gasteiger charge is -2.36. The van der Waals surface area contributed by atoms with Gasteiger partial charge in [-0.05, 0) is 43.4 Å². The minimum atomic E-state index is -0.824. The van der Waals surface area contributed by atoms with Gasteiger partial charge in [-0.15, -0.1) is 0 Å². The lowest BCUT2D eigenvalue weighted by molar-refractivity contribution is 0.240. The highest BCUT2D eigenvalue weighted by Gasteiger charge is 2.31. The van der Waals surface area contributed by atoms with Crippen molar-refractivity contribution in [1.82, 2.24) is 30.0 Å². The largest absolute Gasteiger partial charge is 0.354 e. The molecule has 4 aromatic rings. The van der Waals surface area contributed by atoms with Gasteiger partial charge >= 0.3 is 6.03 Å². The fourth-order valence-corrected chi connectivity index (χ4v) is 6.91. The predicted molar refractivity (Wildman–Crippen MR) is 174 cm³/mol. The van der Waals surface area contributed by atoms with E-state index in [4.69, 9.17) is 9.97 Å². The Kier molecular flexibility index (Phi) is 9.30. The second kappa shape index (κ2) is 13.9. The van der Waals surface area contributed by atoms with E-state index in [-0.39, 0.29) is 18.1 Å². The van der Waals surface area contributed by atoms with Crippen LogP contribution in [-0.4, -0.2) is 71.7 Å². The summed E-state index contributed by atoms with van der Waals surface area (Å²) in [7, 11) is 1.05. The zero-order valence-electron chi connectivity index (χ0n) is 25.2. The van der Waals surface area contributed by atoms with Crippen LogP contribution in [0.25, 0.3) is 11.1 Å². The maximum atomic E-state index is 13.7. The fraction of sp³-hybridized carbons (Fsp3) is 0.375. The van der Waals surface area contributed by atoms with E-state index in [1.54, 1.807) is 28.2 Å². The van der Waals surface area contributed by atoms with E-state index in [9.17, 15) is 14.3 Å². The molecule has 232 valence electrons. The molecule has 2 N–H and O–H groups in total. The fourth-order valence-electron chi connectivity index (χ4n) is 5.86. The van der Waals surface area contributed by atoms with Gasteiger partial charge in [0.05, 0.1) is 12.4 Å². The highest BCUT2D eigenvalue weighted by atomic mass is 32.2. The third-order valence-electron chi connectivity index (χ3n) is 8.30. The standard InChI is InChI=1S/C32H36N10O2S/c1-40-22-26(21-37-40)24-7-12-29(34-19-24)42(32(43)36-18-23-5-3-2-4-6-23)28-10-8-27(9-11-28)38-31-35-20-25(17-33)30(39-31)41-13-15-45(44)16-14-41/h2-7,12,19-22,27-28H,8-11,13-16,18H2,1H3,(H,36,43)(H,35,38,39). The summed E-state index contributed by atoms with van der Waals surface area (Å²) in [6.45, 7) is 1.62. The number of hydrogen-bond acceptors (Lipinski definition) is 9. The molecule has 1 aliphatic heterocycles. The molecule has 4 heterocycles. The number of aryl methyl sites for hydroxylation is 1. The van der Waals surface area contributed by atoms with Gasteiger partial charge in [0.2, 0.25) is 5.95 Å².